The van der Waals surface area contributed by atoms with Gasteiger partial charge in [0.05, 0.1) is 5.56 Å². The van der Waals surface area contributed by atoms with E-state index in [2.05, 4.69) is 31.9 Å². The highest BCUT2D eigenvalue weighted by Gasteiger charge is 2.16. The second-order valence-electron chi connectivity index (χ2n) is 4.41. The van der Waals surface area contributed by atoms with E-state index in [9.17, 15) is 9.18 Å². The molecule has 0 bridgehead atoms. The fourth-order valence-corrected chi connectivity index (χ4v) is 2.48. The van der Waals surface area contributed by atoms with Crippen LogP contribution in [0, 0.1) is 5.82 Å². The van der Waals surface area contributed by atoms with Gasteiger partial charge in [-0.05, 0) is 51.8 Å². The third-order valence-electron chi connectivity index (χ3n) is 2.84. The minimum atomic E-state index is -0.423. The maximum absolute atomic E-state index is 13.2. The zero-order valence-corrected chi connectivity index (χ0v) is 13.9. The van der Waals surface area contributed by atoms with Gasteiger partial charge in [-0.3, -0.25) is 4.79 Å². The standard InChI is InChI=1S/C15H12Br2FNO/c1-19(9-10-2-4-11(16)5-3-10)15(20)13-8-12(18)6-7-14(13)17/h2-8H,9H2,1H3. The fourth-order valence-electron chi connectivity index (χ4n) is 1.80. The average molecular weight is 401 g/mol. The number of halogens is 3. The zero-order chi connectivity index (χ0) is 14.7. The van der Waals surface area contributed by atoms with Gasteiger partial charge >= 0.3 is 0 Å². The van der Waals surface area contributed by atoms with E-state index < -0.39 is 5.82 Å². The van der Waals surface area contributed by atoms with Crippen LogP contribution in [0.5, 0.6) is 0 Å². The molecule has 0 fully saturated rings. The van der Waals surface area contributed by atoms with Crippen LogP contribution < -0.4 is 0 Å². The first-order valence-corrected chi connectivity index (χ1v) is 7.51. The van der Waals surface area contributed by atoms with E-state index in [0.717, 1.165) is 10.0 Å². The van der Waals surface area contributed by atoms with Crippen LogP contribution in [0.2, 0.25) is 0 Å². The van der Waals surface area contributed by atoms with Gasteiger partial charge in [0, 0.05) is 22.5 Å². The number of benzene rings is 2. The molecule has 0 aliphatic carbocycles. The second-order valence-corrected chi connectivity index (χ2v) is 6.18. The first-order chi connectivity index (χ1) is 9.47. The largest absolute Gasteiger partial charge is 0.337 e. The van der Waals surface area contributed by atoms with E-state index in [1.807, 2.05) is 24.3 Å². The Morgan fingerprint density at radius 3 is 2.45 bits per heavy atom. The Labute approximate surface area is 133 Å². The highest BCUT2D eigenvalue weighted by molar-refractivity contribution is 9.10. The van der Waals surface area contributed by atoms with Gasteiger partial charge in [0.15, 0.2) is 0 Å². The number of rotatable bonds is 3. The van der Waals surface area contributed by atoms with Gasteiger partial charge in [0.1, 0.15) is 5.82 Å². The van der Waals surface area contributed by atoms with Crippen molar-refractivity contribution in [2.45, 2.75) is 6.54 Å². The van der Waals surface area contributed by atoms with E-state index in [-0.39, 0.29) is 5.91 Å². The lowest BCUT2D eigenvalue weighted by Crippen LogP contribution is -2.26. The molecule has 20 heavy (non-hydrogen) atoms. The number of carbonyl (C=O) groups excluding carboxylic acids is 1. The first kappa shape index (κ1) is 15.2. The smallest absolute Gasteiger partial charge is 0.255 e. The van der Waals surface area contributed by atoms with Crippen molar-refractivity contribution >= 4 is 37.8 Å². The van der Waals surface area contributed by atoms with E-state index in [1.165, 1.54) is 18.2 Å². The molecule has 0 N–H and O–H groups in total. The molecular weight excluding hydrogens is 389 g/mol. The summed E-state index contributed by atoms with van der Waals surface area (Å²) in [6, 6.07) is 11.8. The van der Waals surface area contributed by atoms with Crippen LogP contribution in [0.1, 0.15) is 15.9 Å². The van der Waals surface area contributed by atoms with E-state index in [1.54, 1.807) is 11.9 Å². The Kier molecular flexibility index (Phi) is 4.94. The predicted octanol–water partition coefficient (Wildman–Crippen LogP) is 4.62. The summed E-state index contributed by atoms with van der Waals surface area (Å²) in [6.45, 7) is 0.467. The molecule has 2 nitrogen and oxygen atoms in total. The minimum absolute atomic E-state index is 0.223. The van der Waals surface area contributed by atoms with Crippen LogP contribution in [0.3, 0.4) is 0 Å². The van der Waals surface area contributed by atoms with Crippen molar-refractivity contribution in [3.8, 4) is 0 Å². The molecule has 2 aromatic carbocycles. The summed E-state index contributed by atoms with van der Waals surface area (Å²) < 4.78 is 14.8. The van der Waals surface area contributed by atoms with Crippen LogP contribution in [-0.2, 0) is 6.54 Å². The predicted molar refractivity (Wildman–Crippen MR) is 84.0 cm³/mol. The summed E-state index contributed by atoms with van der Waals surface area (Å²) in [6.07, 6.45) is 0. The van der Waals surface area contributed by atoms with Crippen LogP contribution >= 0.6 is 31.9 Å². The molecule has 1 amide bonds. The fraction of sp³-hybridized carbons (Fsp3) is 0.133. The summed E-state index contributed by atoms with van der Waals surface area (Å²) in [5.74, 6) is -0.645. The van der Waals surface area contributed by atoms with Crippen LogP contribution in [0.25, 0.3) is 0 Å². The Morgan fingerprint density at radius 1 is 1.15 bits per heavy atom. The summed E-state index contributed by atoms with van der Waals surface area (Å²) in [4.78, 5) is 13.9. The van der Waals surface area contributed by atoms with Crippen molar-refractivity contribution in [3.63, 3.8) is 0 Å². The molecule has 0 aliphatic rings. The summed E-state index contributed by atoms with van der Waals surface area (Å²) in [7, 11) is 1.70. The zero-order valence-electron chi connectivity index (χ0n) is 10.7. The second kappa shape index (κ2) is 6.50. The topological polar surface area (TPSA) is 20.3 Å². The molecule has 2 rings (SSSR count). The SMILES string of the molecule is CN(Cc1ccc(Br)cc1)C(=O)c1cc(F)ccc1Br. The highest BCUT2D eigenvalue weighted by Crippen LogP contribution is 2.20. The molecule has 0 unspecified atom stereocenters. The maximum Gasteiger partial charge on any atom is 0.255 e. The molecule has 0 saturated heterocycles. The van der Waals surface area contributed by atoms with Crippen molar-refractivity contribution < 1.29 is 9.18 Å². The van der Waals surface area contributed by atoms with Gasteiger partial charge in [-0.2, -0.15) is 0 Å². The van der Waals surface area contributed by atoms with Gasteiger partial charge < -0.3 is 4.90 Å². The molecule has 0 heterocycles. The molecule has 0 saturated carbocycles. The van der Waals surface area contributed by atoms with Gasteiger partial charge in [0.2, 0.25) is 0 Å². The number of amides is 1. The Morgan fingerprint density at radius 2 is 1.80 bits per heavy atom. The Bertz CT molecular complexity index is 628. The molecule has 2 aromatic rings. The Balaban J connectivity index is 2.16. The average Bonchev–Trinajstić information content (AvgIpc) is 2.43. The van der Waals surface area contributed by atoms with E-state index in [0.29, 0.717) is 16.6 Å². The van der Waals surface area contributed by atoms with Gasteiger partial charge in [0.25, 0.3) is 5.91 Å². The van der Waals surface area contributed by atoms with Crippen molar-refractivity contribution in [2.24, 2.45) is 0 Å². The molecule has 104 valence electrons. The number of nitrogens with zero attached hydrogens (tertiary/aromatic N) is 1. The van der Waals surface area contributed by atoms with Crippen LogP contribution in [0.4, 0.5) is 4.39 Å². The lowest BCUT2D eigenvalue weighted by atomic mass is 10.1. The first-order valence-electron chi connectivity index (χ1n) is 5.92. The van der Waals surface area contributed by atoms with Crippen molar-refractivity contribution in [3.05, 3.63) is 68.4 Å². The normalized spacial score (nSPS) is 10.4. The highest BCUT2D eigenvalue weighted by atomic mass is 79.9. The molecular formula is C15H12Br2FNO. The van der Waals surface area contributed by atoms with Gasteiger partial charge in [-0.25, -0.2) is 4.39 Å². The molecule has 0 aromatic heterocycles. The molecule has 0 spiro atoms. The third kappa shape index (κ3) is 3.67. The maximum atomic E-state index is 13.2. The quantitative estimate of drug-likeness (QED) is 0.735. The molecule has 0 radical (unpaired) electrons. The van der Waals surface area contributed by atoms with Crippen molar-refractivity contribution in [1.29, 1.82) is 0 Å². The van der Waals surface area contributed by atoms with Gasteiger partial charge in [-0.15, -0.1) is 0 Å². The monoisotopic (exact) mass is 399 g/mol. The summed E-state index contributed by atoms with van der Waals surface area (Å²) in [5, 5.41) is 0. The van der Waals surface area contributed by atoms with Gasteiger partial charge in [-0.1, -0.05) is 28.1 Å². The lowest BCUT2D eigenvalue weighted by molar-refractivity contribution is 0.0783. The molecule has 0 atom stereocenters. The lowest BCUT2D eigenvalue weighted by Gasteiger charge is -2.18. The summed E-state index contributed by atoms with van der Waals surface area (Å²) in [5.41, 5.74) is 1.33. The molecule has 5 heteroatoms. The van der Waals surface area contributed by atoms with Crippen molar-refractivity contribution in [1.82, 2.24) is 4.90 Å². The van der Waals surface area contributed by atoms with E-state index in [4.69, 9.17) is 0 Å². The molecule has 0 aliphatic heterocycles. The number of carbonyl (C=O) groups is 1. The van der Waals surface area contributed by atoms with Crippen LogP contribution in [0.15, 0.2) is 51.4 Å². The van der Waals surface area contributed by atoms with E-state index >= 15 is 0 Å². The minimum Gasteiger partial charge on any atom is -0.337 e. The van der Waals surface area contributed by atoms with Crippen molar-refractivity contribution in [2.75, 3.05) is 7.05 Å². The summed E-state index contributed by atoms with van der Waals surface area (Å²) >= 11 is 6.64. The third-order valence-corrected chi connectivity index (χ3v) is 4.06. The van der Waals surface area contributed by atoms with Crippen LogP contribution in [-0.4, -0.2) is 17.9 Å². The number of hydrogen-bond acceptors (Lipinski definition) is 1. The number of hydrogen-bond donors (Lipinski definition) is 0. The Hall–Kier alpha value is -1.20.